The number of amides is 2. The number of nitrogens with zero attached hydrogens (tertiary/aromatic N) is 3. The van der Waals surface area contributed by atoms with Gasteiger partial charge in [0.05, 0.1) is 0 Å². The molecule has 1 unspecified atom stereocenters. The SMILES string of the molecule is Cc1ccc(N2CC(c3nnc(NC(=O)/C=C/c4ccc(Cl)cc4)s3)CC2=O)cc1Cl. The van der Waals surface area contributed by atoms with E-state index in [1.807, 2.05) is 31.2 Å². The maximum atomic E-state index is 12.5. The number of rotatable bonds is 5. The first-order valence-corrected chi connectivity index (χ1v) is 11.1. The number of aryl methyl sites for hydroxylation is 1. The molecule has 2 amide bonds. The minimum Gasteiger partial charge on any atom is -0.312 e. The van der Waals surface area contributed by atoms with Crippen LogP contribution in [0.15, 0.2) is 48.5 Å². The van der Waals surface area contributed by atoms with Gasteiger partial charge in [-0.1, -0.05) is 52.7 Å². The Kier molecular flexibility index (Phi) is 6.36. The second kappa shape index (κ2) is 9.18. The zero-order valence-electron chi connectivity index (χ0n) is 16.5. The van der Waals surface area contributed by atoms with E-state index in [4.69, 9.17) is 23.2 Å². The van der Waals surface area contributed by atoms with Crippen molar-refractivity contribution >= 4 is 63.2 Å². The number of aromatic nitrogens is 2. The fourth-order valence-electron chi connectivity index (χ4n) is 3.22. The van der Waals surface area contributed by atoms with Crippen LogP contribution in [0.5, 0.6) is 0 Å². The smallest absolute Gasteiger partial charge is 0.250 e. The van der Waals surface area contributed by atoms with Crippen molar-refractivity contribution in [3.05, 3.63) is 74.7 Å². The van der Waals surface area contributed by atoms with Gasteiger partial charge in [0.2, 0.25) is 16.9 Å². The summed E-state index contributed by atoms with van der Waals surface area (Å²) in [6, 6.07) is 12.7. The van der Waals surface area contributed by atoms with E-state index >= 15 is 0 Å². The van der Waals surface area contributed by atoms with Crippen molar-refractivity contribution in [2.24, 2.45) is 0 Å². The monoisotopic (exact) mass is 472 g/mol. The van der Waals surface area contributed by atoms with E-state index in [9.17, 15) is 9.59 Å². The molecule has 4 rings (SSSR count). The normalized spacial score (nSPS) is 16.3. The Morgan fingerprint density at radius 2 is 1.97 bits per heavy atom. The molecule has 0 spiro atoms. The van der Waals surface area contributed by atoms with Crippen LogP contribution < -0.4 is 10.2 Å². The first-order chi connectivity index (χ1) is 14.9. The maximum absolute atomic E-state index is 12.5. The molecule has 0 aliphatic carbocycles. The van der Waals surface area contributed by atoms with E-state index in [1.165, 1.54) is 17.4 Å². The second-order valence-electron chi connectivity index (χ2n) is 7.16. The van der Waals surface area contributed by atoms with E-state index in [0.717, 1.165) is 16.8 Å². The van der Waals surface area contributed by atoms with Crippen LogP contribution in [-0.4, -0.2) is 28.6 Å². The molecule has 3 aromatic rings. The lowest BCUT2D eigenvalue weighted by Gasteiger charge is -2.17. The van der Waals surface area contributed by atoms with Crippen molar-refractivity contribution in [3.63, 3.8) is 0 Å². The largest absolute Gasteiger partial charge is 0.312 e. The zero-order chi connectivity index (χ0) is 22.0. The van der Waals surface area contributed by atoms with Crippen molar-refractivity contribution in [1.29, 1.82) is 0 Å². The number of nitrogens with one attached hydrogen (secondary N) is 1. The molecule has 1 saturated heterocycles. The number of carbonyl (C=O) groups is 2. The minimum atomic E-state index is -0.309. The lowest BCUT2D eigenvalue weighted by atomic mass is 10.1. The molecule has 0 saturated carbocycles. The third-order valence-electron chi connectivity index (χ3n) is 4.91. The van der Waals surface area contributed by atoms with Gasteiger partial charge in [0.15, 0.2) is 0 Å². The molecular weight excluding hydrogens is 455 g/mol. The number of hydrogen-bond acceptors (Lipinski definition) is 5. The van der Waals surface area contributed by atoms with Gasteiger partial charge in [-0.25, -0.2) is 0 Å². The first-order valence-electron chi connectivity index (χ1n) is 9.53. The molecule has 1 aromatic heterocycles. The Balaban J connectivity index is 1.39. The number of benzene rings is 2. The second-order valence-corrected chi connectivity index (χ2v) is 9.01. The number of anilines is 2. The Labute approximate surface area is 193 Å². The Morgan fingerprint density at radius 1 is 1.19 bits per heavy atom. The van der Waals surface area contributed by atoms with Crippen molar-refractivity contribution in [2.45, 2.75) is 19.3 Å². The van der Waals surface area contributed by atoms with E-state index in [0.29, 0.717) is 33.2 Å². The summed E-state index contributed by atoms with van der Waals surface area (Å²) in [7, 11) is 0. The predicted molar refractivity (Wildman–Crippen MR) is 125 cm³/mol. The molecule has 158 valence electrons. The molecular formula is C22H18Cl2N4O2S. The maximum Gasteiger partial charge on any atom is 0.250 e. The van der Waals surface area contributed by atoms with E-state index in [-0.39, 0.29) is 17.7 Å². The summed E-state index contributed by atoms with van der Waals surface area (Å²) in [4.78, 5) is 26.4. The topological polar surface area (TPSA) is 75.2 Å². The van der Waals surface area contributed by atoms with E-state index < -0.39 is 0 Å². The fourth-order valence-corrected chi connectivity index (χ4v) is 4.35. The van der Waals surface area contributed by atoms with Gasteiger partial charge in [0, 0.05) is 40.7 Å². The molecule has 1 fully saturated rings. The number of halogens is 2. The summed E-state index contributed by atoms with van der Waals surface area (Å²) in [5.41, 5.74) is 2.59. The lowest BCUT2D eigenvalue weighted by Crippen LogP contribution is -2.24. The quantitative estimate of drug-likeness (QED) is 0.509. The summed E-state index contributed by atoms with van der Waals surface area (Å²) in [5, 5.41) is 13.3. The molecule has 1 N–H and O–H groups in total. The fraction of sp³-hybridized carbons (Fsp3) is 0.182. The summed E-state index contributed by atoms with van der Waals surface area (Å²) in [6.45, 7) is 2.42. The molecule has 2 aromatic carbocycles. The summed E-state index contributed by atoms with van der Waals surface area (Å²) >= 11 is 13.3. The van der Waals surface area contributed by atoms with Crippen LogP contribution in [0.3, 0.4) is 0 Å². The Morgan fingerprint density at radius 3 is 2.71 bits per heavy atom. The van der Waals surface area contributed by atoms with Crippen LogP contribution in [0.25, 0.3) is 6.08 Å². The summed E-state index contributed by atoms with van der Waals surface area (Å²) in [6.07, 6.45) is 3.45. The summed E-state index contributed by atoms with van der Waals surface area (Å²) in [5.74, 6) is -0.381. The highest BCUT2D eigenvalue weighted by Crippen LogP contribution is 2.35. The number of hydrogen-bond donors (Lipinski definition) is 1. The van der Waals surface area contributed by atoms with Gasteiger partial charge in [-0.2, -0.15) is 0 Å². The van der Waals surface area contributed by atoms with Crippen LogP contribution in [0.2, 0.25) is 10.0 Å². The van der Waals surface area contributed by atoms with Crippen LogP contribution >= 0.6 is 34.5 Å². The van der Waals surface area contributed by atoms with Crippen molar-refractivity contribution in [3.8, 4) is 0 Å². The van der Waals surface area contributed by atoms with Gasteiger partial charge < -0.3 is 4.90 Å². The molecule has 0 bridgehead atoms. The predicted octanol–water partition coefficient (Wildman–Crippen LogP) is 5.33. The average molecular weight is 473 g/mol. The highest BCUT2D eigenvalue weighted by atomic mass is 35.5. The molecule has 0 radical (unpaired) electrons. The molecule has 1 aliphatic heterocycles. The van der Waals surface area contributed by atoms with Crippen LogP contribution in [-0.2, 0) is 9.59 Å². The molecule has 6 nitrogen and oxygen atoms in total. The van der Waals surface area contributed by atoms with Gasteiger partial charge in [0.25, 0.3) is 0 Å². The minimum absolute atomic E-state index is 0.0107. The highest BCUT2D eigenvalue weighted by Gasteiger charge is 2.34. The van der Waals surface area contributed by atoms with Gasteiger partial charge in [-0.3, -0.25) is 14.9 Å². The van der Waals surface area contributed by atoms with Crippen LogP contribution in [0, 0.1) is 6.92 Å². The van der Waals surface area contributed by atoms with Crippen LogP contribution in [0.4, 0.5) is 10.8 Å². The molecule has 31 heavy (non-hydrogen) atoms. The van der Waals surface area contributed by atoms with E-state index in [1.54, 1.807) is 29.2 Å². The Bertz CT molecular complexity index is 1160. The molecule has 1 aliphatic rings. The van der Waals surface area contributed by atoms with Gasteiger partial charge in [-0.15, -0.1) is 10.2 Å². The van der Waals surface area contributed by atoms with Crippen molar-refractivity contribution in [1.82, 2.24) is 10.2 Å². The zero-order valence-corrected chi connectivity index (χ0v) is 18.8. The Hall–Kier alpha value is -2.74. The third kappa shape index (κ3) is 5.12. The van der Waals surface area contributed by atoms with E-state index in [2.05, 4.69) is 15.5 Å². The molecule has 1 atom stereocenters. The van der Waals surface area contributed by atoms with Gasteiger partial charge in [0.1, 0.15) is 5.01 Å². The van der Waals surface area contributed by atoms with Gasteiger partial charge in [-0.05, 0) is 48.4 Å². The molecule has 9 heteroatoms. The van der Waals surface area contributed by atoms with Crippen LogP contribution in [0.1, 0.15) is 28.5 Å². The third-order valence-corrected chi connectivity index (χ3v) is 6.57. The lowest BCUT2D eigenvalue weighted by molar-refractivity contribution is -0.117. The molecule has 2 heterocycles. The van der Waals surface area contributed by atoms with Crippen molar-refractivity contribution in [2.75, 3.05) is 16.8 Å². The average Bonchev–Trinajstić information content (AvgIpc) is 3.36. The van der Waals surface area contributed by atoms with Crippen molar-refractivity contribution < 1.29 is 9.59 Å². The van der Waals surface area contributed by atoms with Gasteiger partial charge >= 0.3 is 0 Å². The standard InChI is InChI=1S/C22H18Cl2N4O2S/c1-13-2-8-17(11-18(13)24)28-12-15(10-20(28)30)21-26-27-22(31-21)25-19(29)9-5-14-3-6-16(23)7-4-14/h2-9,11,15H,10,12H2,1H3,(H,25,27,29)/b9-5+. The summed E-state index contributed by atoms with van der Waals surface area (Å²) < 4.78 is 0. The highest BCUT2D eigenvalue weighted by molar-refractivity contribution is 7.15. The first kappa shape index (κ1) is 21.5. The number of carbonyl (C=O) groups excluding carboxylic acids is 2.